The second-order valence-corrected chi connectivity index (χ2v) is 7.04. The third-order valence-electron chi connectivity index (χ3n) is 4.93. The Balaban J connectivity index is 1.71. The molecule has 1 fully saturated rings. The van der Waals surface area contributed by atoms with Gasteiger partial charge in [-0.05, 0) is 24.3 Å². The number of hydrogen-bond acceptors (Lipinski definition) is 6. The predicted octanol–water partition coefficient (Wildman–Crippen LogP) is 2.66. The Labute approximate surface area is 180 Å². The molecular formula is C22H25N3O6. The first-order valence-electron chi connectivity index (χ1n) is 9.65. The molecule has 1 heterocycles. The van der Waals surface area contributed by atoms with Gasteiger partial charge < -0.3 is 29.7 Å². The normalized spacial score (nSPS) is 15.4. The standard InChI is InChI=1S/C22H25N3O6/c1-13(26)23-15-5-7-17(8-6-15)25-12-14(9-20(25)27)22(28)24-16-10-18(29-2)21(31-4)19(11-16)30-3/h5-8,10-11,14H,9,12H2,1-4H3,(H,23,26)(H,24,28). The molecule has 0 aromatic heterocycles. The predicted molar refractivity (Wildman–Crippen MR) is 116 cm³/mol. The van der Waals surface area contributed by atoms with Gasteiger partial charge in [0.25, 0.3) is 0 Å². The molecule has 9 nitrogen and oxygen atoms in total. The molecule has 0 saturated carbocycles. The Hall–Kier alpha value is -3.75. The molecule has 1 aliphatic heterocycles. The van der Waals surface area contributed by atoms with E-state index in [2.05, 4.69) is 10.6 Å². The van der Waals surface area contributed by atoms with E-state index >= 15 is 0 Å². The van der Waals surface area contributed by atoms with Crippen molar-refractivity contribution < 1.29 is 28.6 Å². The number of amides is 3. The molecule has 0 aliphatic carbocycles. The Bertz CT molecular complexity index is 964. The van der Waals surface area contributed by atoms with E-state index in [0.29, 0.717) is 34.3 Å². The molecule has 1 unspecified atom stereocenters. The third kappa shape index (κ3) is 4.88. The smallest absolute Gasteiger partial charge is 0.229 e. The van der Waals surface area contributed by atoms with Crippen LogP contribution in [0.1, 0.15) is 13.3 Å². The third-order valence-corrected chi connectivity index (χ3v) is 4.93. The van der Waals surface area contributed by atoms with Crippen LogP contribution in [-0.4, -0.2) is 45.6 Å². The van der Waals surface area contributed by atoms with E-state index in [1.807, 2.05) is 0 Å². The van der Waals surface area contributed by atoms with Gasteiger partial charge in [0.1, 0.15) is 0 Å². The van der Waals surface area contributed by atoms with Crippen LogP contribution in [0.4, 0.5) is 17.1 Å². The molecule has 3 rings (SSSR count). The fourth-order valence-corrected chi connectivity index (χ4v) is 3.46. The van der Waals surface area contributed by atoms with Crippen molar-refractivity contribution in [1.82, 2.24) is 0 Å². The van der Waals surface area contributed by atoms with E-state index in [1.54, 1.807) is 41.3 Å². The fourth-order valence-electron chi connectivity index (χ4n) is 3.46. The maximum Gasteiger partial charge on any atom is 0.229 e. The molecule has 164 valence electrons. The van der Waals surface area contributed by atoms with Crippen LogP contribution in [0.15, 0.2) is 36.4 Å². The molecule has 0 bridgehead atoms. The van der Waals surface area contributed by atoms with Gasteiger partial charge in [-0.15, -0.1) is 0 Å². The van der Waals surface area contributed by atoms with E-state index in [1.165, 1.54) is 28.3 Å². The largest absolute Gasteiger partial charge is 0.493 e. The van der Waals surface area contributed by atoms with E-state index in [-0.39, 0.29) is 30.7 Å². The highest BCUT2D eigenvalue weighted by Gasteiger charge is 2.35. The van der Waals surface area contributed by atoms with Crippen molar-refractivity contribution in [2.24, 2.45) is 5.92 Å². The first-order chi connectivity index (χ1) is 14.9. The highest BCUT2D eigenvalue weighted by molar-refractivity contribution is 6.03. The maximum atomic E-state index is 12.8. The molecule has 2 N–H and O–H groups in total. The zero-order valence-corrected chi connectivity index (χ0v) is 17.9. The number of nitrogens with one attached hydrogen (secondary N) is 2. The first-order valence-corrected chi connectivity index (χ1v) is 9.65. The summed E-state index contributed by atoms with van der Waals surface area (Å²) in [6, 6.07) is 10.2. The topological polar surface area (TPSA) is 106 Å². The Kier molecular flexibility index (Phi) is 6.64. The quantitative estimate of drug-likeness (QED) is 0.704. The molecule has 0 radical (unpaired) electrons. The lowest BCUT2D eigenvalue weighted by Gasteiger charge is -2.18. The average molecular weight is 427 g/mol. The van der Waals surface area contributed by atoms with Gasteiger partial charge >= 0.3 is 0 Å². The fraction of sp³-hybridized carbons (Fsp3) is 0.318. The Morgan fingerprint density at radius 3 is 2.06 bits per heavy atom. The molecule has 31 heavy (non-hydrogen) atoms. The van der Waals surface area contributed by atoms with Crippen molar-refractivity contribution in [1.29, 1.82) is 0 Å². The molecule has 3 amide bonds. The zero-order chi connectivity index (χ0) is 22.5. The summed E-state index contributed by atoms with van der Waals surface area (Å²) in [5, 5.41) is 5.51. The summed E-state index contributed by atoms with van der Waals surface area (Å²) in [5.74, 6) is 0.154. The summed E-state index contributed by atoms with van der Waals surface area (Å²) >= 11 is 0. The number of carbonyl (C=O) groups is 3. The Morgan fingerprint density at radius 1 is 0.935 bits per heavy atom. The van der Waals surface area contributed by atoms with Crippen LogP contribution >= 0.6 is 0 Å². The minimum Gasteiger partial charge on any atom is -0.493 e. The SMILES string of the molecule is COc1cc(NC(=O)C2CC(=O)N(c3ccc(NC(C)=O)cc3)C2)cc(OC)c1OC. The van der Waals surface area contributed by atoms with Crippen molar-refractivity contribution in [2.45, 2.75) is 13.3 Å². The number of ether oxygens (including phenoxy) is 3. The lowest BCUT2D eigenvalue weighted by atomic mass is 10.1. The minimum absolute atomic E-state index is 0.101. The highest BCUT2D eigenvalue weighted by atomic mass is 16.5. The van der Waals surface area contributed by atoms with Gasteiger partial charge in [-0.2, -0.15) is 0 Å². The van der Waals surface area contributed by atoms with Crippen LogP contribution in [-0.2, 0) is 14.4 Å². The second kappa shape index (κ2) is 9.38. The second-order valence-electron chi connectivity index (χ2n) is 7.04. The average Bonchev–Trinajstić information content (AvgIpc) is 3.14. The number of benzene rings is 2. The van der Waals surface area contributed by atoms with Crippen LogP contribution in [0.2, 0.25) is 0 Å². The van der Waals surface area contributed by atoms with Crippen LogP contribution < -0.4 is 29.7 Å². The minimum atomic E-state index is -0.512. The van der Waals surface area contributed by atoms with Crippen LogP contribution in [0, 0.1) is 5.92 Å². The summed E-state index contributed by atoms with van der Waals surface area (Å²) in [4.78, 5) is 38.0. The van der Waals surface area contributed by atoms with E-state index < -0.39 is 5.92 Å². The van der Waals surface area contributed by atoms with E-state index in [9.17, 15) is 14.4 Å². The number of carbonyl (C=O) groups excluding carboxylic acids is 3. The summed E-state index contributed by atoms with van der Waals surface area (Å²) in [6.07, 6.45) is 0.101. The van der Waals surface area contributed by atoms with Crippen molar-refractivity contribution in [3.8, 4) is 17.2 Å². The monoisotopic (exact) mass is 427 g/mol. The Morgan fingerprint density at radius 2 is 1.55 bits per heavy atom. The van der Waals surface area contributed by atoms with Crippen LogP contribution in [0.5, 0.6) is 17.2 Å². The van der Waals surface area contributed by atoms with E-state index in [0.717, 1.165) is 0 Å². The van der Waals surface area contributed by atoms with Gasteiger partial charge in [0.05, 0.1) is 27.2 Å². The maximum absolute atomic E-state index is 12.8. The van der Waals surface area contributed by atoms with Gasteiger partial charge in [0.2, 0.25) is 23.5 Å². The summed E-state index contributed by atoms with van der Waals surface area (Å²) in [6.45, 7) is 1.68. The van der Waals surface area contributed by atoms with Gasteiger partial charge in [0.15, 0.2) is 11.5 Å². The molecule has 1 aliphatic rings. The molecule has 2 aromatic carbocycles. The van der Waals surface area contributed by atoms with Crippen LogP contribution in [0.25, 0.3) is 0 Å². The van der Waals surface area contributed by atoms with Gasteiger partial charge in [-0.1, -0.05) is 0 Å². The zero-order valence-electron chi connectivity index (χ0n) is 17.9. The number of anilines is 3. The highest BCUT2D eigenvalue weighted by Crippen LogP contribution is 2.40. The van der Waals surface area contributed by atoms with Gasteiger partial charge in [-0.3, -0.25) is 14.4 Å². The van der Waals surface area contributed by atoms with Crippen molar-refractivity contribution >= 4 is 34.8 Å². The summed E-state index contributed by atoms with van der Waals surface area (Å²) in [7, 11) is 4.49. The number of rotatable bonds is 7. The molecule has 9 heteroatoms. The lowest BCUT2D eigenvalue weighted by Crippen LogP contribution is -2.28. The van der Waals surface area contributed by atoms with Gasteiger partial charge in [-0.25, -0.2) is 0 Å². The molecule has 0 spiro atoms. The number of methoxy groups -OCH3 is 3. The van der Waals surface area contributed by atoms with Crippen molar-refractivity contribution in [3.05, 3.63) is 36.4 Å². The number of nitrogens with zero attached hydrogens (tertiary/aromatic N) is 1. The van der Waals surface area contributed by atoms with Crippen molar-refractivity contribution in [3.63, 3.8) is 0 Å². The van der Waals surface area contributed by atoms with Gasteiger partial charge in [0, 0.05) is 49.1 Å². The van der Waals surface area contributed by atoms with Crippen LogP contribution in [0.3, 0.4) is 0 Å². The molecule has 1 saturated heterocycles. The van der Waals surface area contributed by atoms with Crippen molar-refractivity contribution in [2.75, 3.05) is 43.4 Å². The molecular weight excluding hydrogens is 402 g/mol. The first kappa shape index (κ1) is 21.9. The molecule has 2 aromatic rings. The summed E-state index contributed by atoms with van der Waals surface area (Å²) < 4.78 is 15.9. The summed E-state index contributed by atoms with van der Waals surface area (Å²) in [5.41, 5.74) is 1.78. The number of hydrogen-bond donors (Lipinski definition) is 2. The lowest BCUT2D eigenvalue weighted by molar-refractivity contribution is -0.122. The molecule has 1 atom stereocenters. The van der Waals surface area contributed by atoms with E-state index in [4.69, 9.17) is 14.2 Å².